The van der Waals surface area contributed by atoms with Gasteiger partial charge in [0.25, 0.3) is 17.4 Å². The molecule has 9 nitrogen and oxygen atoms in total. The van der Waals surface area contributed by atoms with Gasteiger partial charge >= 0.3 is 0 Å². The van der Waals surface area contributed by atoms with Crippen LogP contribution in [0.4, 0.5) is 5.69 Å². The van der Waals surface area contributed by atoms with Crippen LogP contribution in [-0.2, 0) is 9.59 Å². The van der Waals surface area contributed by atoms with Crippen LogP contribution >= 0.6 is 0 Å². The Balaban J connectivity index is 2.08. The number of ketones is 1. The molecule has 0 aromatic heterocycles. The van der Waals surface area contributed by atoms with E-state index in [4.69, 9.17) is 4.74 Å². The summed E-state index contributed by atoms with van der Waals surface area (Å²) in [5, 5.41) is 22.0. The first-order chi connectivity index (χ1) is 15.8. The summed E-state index contributed by atoms with van der Waals surface area (Å²) in [5.74, 6) is -1.22. The van der Waals surface area contributed by atoms with Crippen molar-refractivity contribution in [3.8, 4) is 5.75 Å². The average molecular weight is 453 g/mol. The Morgan fingerprint density at radius 3 is 2.21 bits per heavy atom. The molecule has 0 unspecified atom stereocenters. The number of nitro groups is 1. The molecule has 1 saturated heterocycles. The summed E-state index contributed by atoms with van der Waals surface area (Å²) < 4.78 is 5.21. The molecule has 174 valence electrons. The molecule has 0 saturated carbocycles. The number of methoxy groups -OCH3 is 1. The molecule has 0 bridgehead atoms. The van der Waals surface area contributed by atoms with Gasteiger partial charge in [0.2, 0.25) is 0 Å². The number of rotatable bonds is 9. The Morgan fingerprint density at radius 2 is 1.70 bits per heavy atom. The van der Waals surface area contributed by atoms with Gasteiger partial charge in [-0.2, -0.15) is 0 Å². The van der Waals surface area contributed by atoms with Gasteiger partial charge in [0.05, 0.1) is 23.6 Å². The standard InChI is InChI=1S/C24H27N3O6/c1-4-25(5-2)14-15-26-21(16-8-12-19(33-3)13-9-16)20(23(29)24(26)30)22(28)17-6-10-18(11-7-17)27(31)32/h6-13,21,28H,4-5,14-15H2,1-3H3/b22-20+/t21-/m0/s1. The lowest BCUT2D eigenvalue weighted by Gasteiger charge is -2.28. The number of carbonyl (C=O) groups excluding carboxylic acids is 2. The minimum Gasteiger partial charge on any atom is -0.507 e. The molecule has 1 aliphatic heterocycles. The van der Waals surface area contributed by atoms with Crippen molar-refractivity contribution in [2.75, 3.05) is 33.3 Å². The molecular weight excluding hydrogens is 426 g/mol. The molecule has 3 rings (SSSR count). The first-order valence-corrected chi connectivity index (χ1v) is 10.7. The number of carbonyl (C=O) groups is 2. The second-order valence-corrected chi connectivity index (χ2v) is 7.60. The number of hydrogen-bond acceptors (Lipinski definition) is 7. The third kappa shape index (κ3) is 4.88. The number of likely N-dealkylation sites (tertiary alicyclic amines) is 1. The number of ether oxygens (including phenoxy) is 1. The van der Waals surface area contributed by atoms with Gasteiger partial charge in [0.15, 0.2) is 0 Å². The molecule has 0 radical (unpaired) electrons. The van der Waals surface area contributed by atoms with Crippen LogP contribution in [0, 0.1) is 10.1 Å². The second-order valence-electron chi connectivity index (χ2n) is 7.60. The van der Waals surface area contributed by atoms with Gasteiger partial charge in [-0.05, 0) is 42.9 Å². The van der Waals surface area contributed by atoms with Crippen molar-refractivity contribution in [2.24, 2.45) is 0 Å². The van der Waals surface area contributed by atoms with E-state index in [0.29, 0.717) is 24.4 Å². The number of Topliss-reactive ketones (excluding diaryl/α,β-unsaturated/α-hetero) is 1. The fourth-order valence-corrected chi connectivity index (χ4v) is 3.93. The highest BCUT2D eigenvalue weighted by molar-refractivity contribution is 6.46. The van der Waals surface area contributed by atoms with E-state index in [1.54, 1.807) is 31.4 Å². The fraction of sp³-hybridized carbons (Fsp3) is 0.333. The van der Waals surface area contributed by atoms with Crippen LogP contribution in [0.15, 0.2) is 54.1 Å². The van der Waals surface area contributed by atoms with Crippen molar-refractivity contribution in [1.29, 1.82) is 0 Å². The number of aliphatic hydroxyl groups excluding tert-OH is 1. The zero-order chi connectivity index (χ0) is 24.1. The van der Waals surface area contributed by atoms with E-state index >= 15 is 0 Å². The summed E-state index contributed by atoms with van der Waals surface area (Å²) in [7, 11) is 1.54. The number of amides is 1. The summed E-state index contributed by atoms with van der Waals surface area (Å²) in [5.41, 5.74) is 0.690. The summed E-state index contributed by atoms with van der Waals surface area (Å²) in [6.45, 7) is 6.53. The van der Waals surface area contributed by atoms with Gasteiger partial charge in [-0.15, -0.1) is 0 Å². The Bertz CT molecular complexity index is 1060. The lowest BCUT2D eigenvalue weighted by Crippen LogP contribution is -2.38. The van der Waals surface area contributed by atoms with Crippen LogP contribution in [0.3, 0.4) is 0 Å². The lowest BCUT2D eigenvalue weighted by molar-refractivity contribution is -0.384. The van der Waals surface area contributed by atoms with E-state index in [0.717, 1.165) is 13.1 Å². The predicted molar refractivity (Wildman–Crippen MR) is 123 cm³/mol. The molecule has 9 heteroatoms. The van der Waals surface area contributed by atoms with Crippen molar-refractivity contribution in [3.05, 3.63) is 75.3 Å². The molecule has 2 aromatic carbocycles. The smallest absolute Gasteiger partial charge is 0.295 e. The van der Waals surface area contributed by atoms with Crippen LogP contribution in [0.25, 0.3) is 5.76 Å². The molecule has 1 N–H and O–H groups in total. The van der Waals surface area contributed by atoms with E-state index in [1.165, 1.54) is 29.2 Å². The Labute approximate surface area is 192 Å². The molecular formula is C24H27N3O6. The predicted octanol–water partition coefficient (Wildman–Crippen LogP) is 3.37. The van der Waals surface area contributed by atoms with Crippen molar-refractivity contribution in [3.63, 3.8) is 0 Å². The average Bonchev–Trinajstić information content (AvgIpc) is 3.09. The van der Waals surface area contributed by atoms with E-state index < -0.39 is 22.7 Å². The molecule has 1 heterocycles. The summed E-state index contributed by atoms with van der Waals surface area (Å²) in [6.07, 6.45) is 0. The topological polar surface area (TPSA) is 113 Å². The molecule has 1 atom stereocenters. The molecule has 2 aromatic rings. The third-order valence-electron chi connectivity index (χ3n) is 5.87. The SMILES string of the molecule is CCN(CC)CCN1C(=O)C(=O)/C(=C(/O)c2ccc([N+](=O)[O-])cc2)[C@@H]1c1ccc(OC)cc1. The van der Waals surface area contributed by atoms with E-state index in [2.05, 4.69) is 4.90 Å². The maximum Gasteiger partial charge on any atom is 0.295 e. The first-order valence-electron chi connectivity index (χ1n) is 10.7. The molecule has 0 aliphatic carbocycles. The van der Waals surface area contributed by atoms with Crippen LogP contribution in [0.5, 0.6) is 5.75 Å². The fourth-order valence-electron chi connectivity index (χ4n) is 3.93. The number of nitro benzene ring substituents is 1. The van der Waals surface area contributed by atoms with Crippen LogP contribution in [0.2, 0.25) is 0 Å². The largest absolute Gasteiger partial charge is 0.507 e. The normalized spacial score (nSPS) is 17.6. The quantitative estimate of drug-likeness (QED) is 0.204. The van der Waals surface area contributed by atoms with Crippen molar-refractivity contribution in [1.82, 2.24) is 9.80 Å². The highest BCUT2D eigenvalue weighted by Crippen LogP contribution is 2.39. The van der Waals surface area contributed by atoms with Crippen molar-refractivity contribution in [2.45, 2.75) is 19.9 Å². The maximum absolute atomic E-state index is 13.0. The first kappa shape index (κ1) is 23.9. The number of likely N-dealkylation sites (N-methyl/N-ethyl adjacent to an activating group) is 1. The Morgan fingerprint density at radius 1 is 1.09 bits per heavy atom. The third-order valence-corrected chi connectivity index (χ3v) is 5.87. The van der Waals surface area contributed by atoms with E-state index in [-0.39, 0.29) is 22.6 Å². The highest BCUT2D eigenvalue weighted by atomic mass is 16.6. The highest BCUT2D eigenvalue weighted by Gasteiger charge is 2.46. The van der Waals surface area contributed by atoms with Gasteiger partial charge in [0, 0.05) is 30.8 Å². The van der Waals surface area contributed by atoms with Crippen LogP contribution in [0.1, 0.15) is 31.0 Å². The number of nitrogens with zero attached hydrogens (tertiary/aromatic N) is 3. The molecule has 1 amide bonds. The monoisotopic (exact) mass is 453 g/mol. The van der Waals surface area contributed by atoms with Crippen LogP contribution < -0.4 is 4.74 Å². The van der Waals surface area contributed by atoms with Gasteiger partial charge in [-0.25, -0.2) is 0 Å². The minimum atomic E-state index is -0.790. The van der Waals surface area contributed by atoms with Gasteiger partial charge in [0.1, 0.15) is 11.5 Å². The van der Waals surface area contributed by atoms with Gasteiger partial charge in [-0.1, -0.05) is 26.0 Å². The zero-order valence-corrected chi connectivity index (χ0v) is 18.9. The van der Waals surface area contributed by atoms with Crippen molar-refractivity contribution >= 4 is 23.1 Å². The minimum absolute atomic E-state index is 0.0430. The summed E-state index contributed by atoms with van der Waals surface area (Å²) >= 11 is 0. The molecule has 1 aliphatic rings. The zero-order valence-electron chi connectivity index (χ0n) is 18.9. The van der Waals surface area contributed by atoms with Gasteiger partial charge < -0.3 is 19.6 Å². The number of aliphatic hydroxyl groups is 1. The number of benzene rings is 2. The number of hydrogen-bond donors (Lipinski definition) is 1. The summed E-state index contributed by atoms with van der Waals surface area (Å²) in [6, 6.07) is 11.4. The number of non-ortho nitro benzene ring substituents is 1. The maximum atomic E-state index is 13.0. The van der Waals surface area contributed by atoms with Crippen molar-refractivity contribution < 1.29 is 24.4 Å². The molecule has 0 spiro atoms. The van der Waals surface area contributed by atoms with Crippen LogP contribution in [-0.4, -0.2) is 64.8 Å². The van der Waals surface area contributed by atoms with E-state index in [1.807, 2.05) is 13.8 Å². The van der Waals surface area contributed by atoms with E-state index in [9.17, 15) is 24.8 Å². The summed E-state index contributed by atoms with van der Waals surface area (Å²) in [4.78, 5) is 40.0. The Hall–Kier alpha value is -3.72. The second kappa shape index (κ2) is 10.3. The van der Waals surface area contributed by atoms with Gasteiger partial charge in [-0.3, -0.25) is 19.7 Å². The molecule has 33 heavy (non-hydrogen) atoms. The molecule has 1 fully saturated rings. The Kier molecular flexibility index (Phi) is 7.44. The lowest BCUT2D eigenvalue weighted by atomic mass is 9.95.